The van der Waals surface area contributed by atoms with E-state index in [-0.39, 0.29) is 5.91 Å². The van der Waals surface area contributed by atoms with Gasteiger partial charge in [-0.1, -0.05) is 6.92 Å². The number of nitrogens with zero attached hydrogens (tertiary/aromatic N) is 4. The van der Waals surface area contributed by atoms with E-state index >= 15 is 0 Å². The lowest BCUT2D eigenvalue weighted by atomic mass is 9.87. The van der Waals surface area contributed by atoms with Crippen molar-refractivity contribution in [2.75, 3.05) is 26.8 Å². The Morgan fingerprint density at radius 2 is 2.14 bits per heavy atom. The third kappa shape index (κ3) is 3.02. The predicted molar refractivity (Wildman–Crippen MR) is 104 cm³/mol. The van der Waals surface area contributed by atoms with Crippen molar-refractivity contribution in [2.24, 2.45) is 0 Å². The van der Waals surface area contributed by atoms with E-state index in [0.717, 1.165) is 53.4 Å². The molecule has 28 heavy (non-hydrogen) atoms. The van der Waals surface area contributed by atoms with Crippen LogP contribution in [0.5, 0.6) is 0 Å². The molecule has 0 unspecified atom stereocenters. The van der Waals surface area contributed by atoms with Gasteiger partial charge in [-0.25, -0.2) is 9.97 Å². The zero-order valence-corrected chi connectivity index (χ0v) is 17.1. The second-order valence-electron chi connectivity index (χ2n) is 7.77. The van der Waals surface area contributed by atoms with Gasteiger partial charge in [0, 0.05) is 43.2 Å². The Labute approximate surface area is 165 Å². The third-order valence-electron chi connectivity index (χ3n) is 5.87. The first kappa shape index (κ1) is 19.1. The molecular weight excluding hydrogens is 356 g/mol. The van der Waals surface area contributed by atoms with Crippen molar-refractivity contribution in [2.45, 2.75) is 52.4 Å². The summed E-state index contributed by atoms with van der Waals surface area (Å²) in [4.78, 5) is 24.1. The van der Waals surface area contributed by atoms with Crippen LogP contribution in [0.1, 0.15) is 52.2 Å². The molecule has 1 saturated heterocycles. The van der Waals surface area contributed by atoms with Gasteiger partial charge in [-0.2, -0.15) is 0 Å². The van der Waals surface area contributed by atoms with Gasteiger partial charge in [0.05, 0.1) is 37.6 Å². The SMILES string of the molecule is CCCc1ncc2c(n1)COC21CN(C(=O)c2cc(C)n(CCOC)c2C)C1. The molecular formula is C21H28N4O3. The fourth-order valence-corrected chi connectivity index (χ4v) is 4.27. The van der Waals surface area contributed by atoms with E-state index in [4.69, 9.17) is 9.47 Å². The molecule has 150 valence electrons. The minimum atomic E-state index is -0.433. The van der Waals surface area contributed by atoms with Crippen LogP contribution in [-0.2, 0) is 34.6 Å². The number of rotatable bonds is 6. The van der Waals surface area contributed by atoms with E-state index < -0.39 is 5.60 Å². The van der Waals surface area contributed by atoms with E-state index in [0.29, 0.717) is 26.3 Å². The van der Waals surface area contributed by atoms with Crippen molar-refractivity contribution in [1.82, 2.24) is 19.4 Å². The Hall–Kier alpha value is -2.25. The quantitative estimate of drug-likeness (QED) is 0.765. The molecule has 4 heterocycles. The minimum absolute atomic E-state index is 0.0583. The summed E-state index contributed by atoms with van der Waals surface area (Å²) >= 11 is 0. The highest BCUT2D eigenvalue weighted by molar-refractivity contribution is 5.96. The average molecular weight is 384 g/mol. The first-order valence-electron chi connectivity index (χ1n) is 9.93. The van der Waals surface area contributed by atoms with Gasteiger partial charge in [-0.05, 0) is 26.3 Å². The number of methoxy groups -OCH3 is 1. The molecule has 2 aromatic heterocycles. The predicted octanol–water partition coefficient (Wildman–Crippen LogP) is 2.38. The molecule has 0 bridgehead atoms. The van der Waals surface area contributed by atoms with Crippen molar-refractivity contribution in [3.63, 3.8) is 0 Å². The Balaban J connectivity index is 1.49. The molecule has 1 spiro atoms. The maximum atomic E-state index is 13.1. The van der Waals surface area contributed by atoms with Crippen LogP contribution in [0.25, 0.3) is 0 Å². The Morgan fingerprint density at radius 3 is 2.86 bits per heavy atom. The molecule has 7 nitrogen and oxygen atoms in total. The Bertz CT molecular complexity index is 899. The molecule has 7 heteroatoms. The average Bonchev–Trinajstić information content (AvgIpc) is 3.16. The van der Waals surface area contributed by atoms with Crippen molar-refractivity contribution in [1.29, 1.82) is 0 Å². The van der Waals surface area contributed by atoms with Crippen molar-refractivity contribution in [3.05, 3.63) is 46.3 Å². The number of aryl methyl sites for hydroxylation is 2. The second-order valence-corrected chi connectivity index (χ2v) is 7.77. The lowest BCUT2D eigenvalue weighted by Crippen LogP contribution is -2.61. The molecule has 2 aliphatic rings. The largest absolute Gasteiger partial charge is 0.383 e. The maximum absolute atomic E-state index is 13.1. The smallest absolute Gasteiger partial charge is 0.255 e. The van der Waals surface area contributed by atoms with Gasteiger partial charge in [-0.3, -0.25) is 4.79 Å². The van der Waals surface area contributed by atoms with E-state index in [1.807, 2.05) is 31.0 Å². The summed E-state index contributed by atoms with van der Waals surface area (Å²) in [5, 5.41) is 0. The number of carbonyl (C=O) groups is 1. The summed E-state index contributed by atoms with van der Waals surface area (Å²) in [5.74, 6) is 0.931. The number of likely N-dealkylation sites (tertiary alicyclic amines) is 1. The zero-order chi connectivity index (χ0) is 19.9. The van der Waals surface area contributed by atoms with Crippen LogP contribution in [-0.4, -0.2) is 52.1 Å². The van der Waals surface area contributed by atoms with Gasteiger partial charge < -0.3 is 18.9 Å². The second kappa shape index (κ2) is 7.29. The molecule has 2 aromatic rings. The standard InChI is InChI=1S/C21H28N4O3/c1-5-6-19-22-10-17-18(23-19)11-28-21(17)12-24(13-21)20(26)16-9-14(2)25(15(16)3)7-8-27-4/h9-10H,5-8,11-13H2,1-4H3. The lowest BCUT2D eigenvalue weighted by molar-refractivity contribution is -0.126. The molecule has 0 aliphatic carbocycles. The molecule has 1 fully saturated rings. The molecule has 0 saturated carbocycles. The van der Waals surface area contributed by atoms with Crippen molar-refractivity contribution < 1.29 is 14.3 Å². The van der Waals surface area contributed by atoms with Crippen LogP contribution in [0, 0.1) is 13.8 Å². The zero-order valence-electron chi connectivity index (χ0n) is 17.1. The highest BCUT2D eigenvalue weighted by atomic mass is 16.5. The fourth-order valence-electron chi connectivity index (χ4n) is 4.27. The summed E-state index contributed by atoms with van der Waals surface area (Å²) < 4.78 is 13.4. The molecule has 0 aromatic carbocycles. The lowest BCUT2D eigenvalue weighted by Gasteiger charge is -2.47. The minimum Gasteiger partial charge on any atom is -0.383 e. The topological polar surface area (TPSA) is 69.5 Å². The molecule has 2 aliphatic heterocycles. The van der Waals surface area contributed by atoms with Gasteiger partial charge in [0.1, 0.15) is 11.4 Å². The molecule has 0 radical (unpaired) electrons. The van der Waals surface area contributed by atoms with E-state index in [1.165, 1.54) is 0 Å². The third-order valence-corrected chi connectivity index (χ3v) is 5.87. The monoisotopic (exact) mass is 384 g/mol. The molecule has 4 rings (SSSR count). The molecule has 0 atom stereocenters. The first-order valence-corrected chi connectivity index (χ1v) is 9.93. The summed E-state index contributed by atoms with van der Waals surface area (Å²) in [6.45, 7) is 9.13. The summed E-state index contributed by atoms with van der Waals surface area (Å²) in [6, 6.07) is 1.97. The number of amides is 1. The number of hydrogen-bond donors (Lipinski definition) is 0. The van der Waals surface area contributed by atoms with Crippen LogP contribution in [0.3, 0.4) is 0 Å². The highest BCUT2D eigenvalue weighted by Gasteiger charge is 2.52. The van der Waals surface area contributed by atoms with Gasteiger partial charge in [0.2, 0.25) is 0 Å². The highest BCUT2D eigenvalue weighted by Crippen LogP contribution is 2.43. The number of hydrogen-bond acceptors (Lipinski definition) is 5. The van der Waals surface area contributed by atoms with Gasteiger partial charge in [-0.15, -0.1) is 0 Å². The number of ether oxygens (including phenoxy) is 2. The fraction of sp³-hybridized carbons (Fsp3) is 0.571. The van der Waals surface area contributed by atoms with Crippen molar-refractivity contribution in [3.8, 4) is 0 Å². The van der Waals surface area contributed by atoms with Crippen LogP contribution in [0.2, 0.25) is 0 Å². The number of fused-ring (bicyclic) bond motifs is 2. The van der Waals surface area contributed by atoms with E-state index in [1.54, 1.807) is 7.11 Å². The van der Waals surface area contributed by atoms with Gasteiger partial charge in [0.25, 0.3) is 5.91 Å². The summed E-state index contributed by atoms with van der Waals surface area (Å²) in [5.41, 5.74) is 4.41. The van der Waals surface area contributed by atoms with Gasteiger partial charge >= 0.3 is 0 Å². The Kier molecular flexibility index (Phi) is 4.97. The maximum Gasteiger partial charge on any atom is 0.255 e. The van der Waals surface area contributed by atoms with Crippen LogP contribution >= 0.6 is 0 Å². The Morgan fingerprint density at radius 1 is 1.36 bits per heavy atom. The van der Waals surface area contributed by atoms with Gasteiger partial charge in [0.15, 0.2) is 0 Å². The first-order chi connectivity index (χ1) is 13.5. The molecule has 0 N–H and O–H groups in total. The molecule has 1 amide bonds. The number of aromatic nitrogens is 3. The summed E-state index contributed by atoms with van der Waals surface area (Å²) in [6.07, 6.45) is 3.80. The number of carbonyl (C=O) groups excluding carboxylic acids is 1. The van der Waals surface area contributed by atoms with E-state index in [9.17, 15) is 4.79 Å². The normalized spacial score (nSPS) is 17.1. The van der Waals surface area contributed by atoms with Crippen LogP contribution in [0.15, 0.2) is 12.3 Å². The van der Waals surface area contributed by atoms with Crippen LogP contribution < -0.4 is 0 Å². The van der Waals surface area contributed by atoms with E-state index in [2.05, 4.69) is 21.5 Å². The van der Waals surface area contributed by atoms with Crippen molar-refractivity contribution >= 4 is 5.91 Å². The summed E-state index contributed by atoms with van der Waals surface area (Å²) in [7, 11) is 1.69. The van der Waals surface area contributed by atoms with Crippen LogP contribution in [0.4, 0.5) is 0 Å².